The Bertz CT molecular complexity index is 333. The first-order chi connectivity index (χ1) is 7.72. The number of unbranched alkanes of at least 4 members (excludes halogenated alkanes) is 2. The van der Waals surface area contributed by atoms with Crippen molar-refractivity contribution in [2.45, 2.75) is 32.6 Å². The largest absolute Gasteiger partial charge is 0.508 e. The summed E-state index contributed by atoms with van der Waals surface area (Å²) in [6, 6.07) is 7.31. The third kappa shape index (κ3) is 4.87. The third-order valence-electron chi connectivity index (χ3n) is 2.48. The van der Waals surface area contributed by atoms with E-state index in [-0.39, 0.29) is 0 Å². The number of rotatable bonds is 7. The van der Waals surface area contributed by atoms with E-state index < -0.39 is 0 Å². The lowest BCUT2D eigenvalue weighted by molar-refractivity contribution is 0.474. The molecular formula is C14H21NO. The molecule has 0 heterocycles. The van der Waals surface area contributed by atoms with E-state index in [4.69, 9.17) is 0 Å². The molecule has 0 spiro atoms. The van der Waals surface area contributed by atoms with Crippen LogP contribution in [0.5, 0.6) is 5.75 Å². The van der Waals surface area contributed by atoms with Crippen LogP contribution in [0.25, 0.3) is 0 Å². The number of hydrogen-bond donors (Lipinski definition) is 2. The maximum atomic E-state index is 9.32. The molecular weight excluding hydrogens is 198 g/mol. The highest BCUT2D eigenvalue weighted by Crippen LogP contribution is 2.13. The van der Waals surface area contributed by atoms with Gasteiger partial charge in [0.1, 0.15) is 5.75 Å². The molecule has 16 heavy (non-hydrogen) atoms. The fraction of sp³-hybridized carbons (Fsp3) is 0.429. The molecule has 0 unspecified atom stereocenters. The minimum atomic E-state index is 0.316. The maximum Gasteiger partial charge on any atom is 0.115 e. The van der Waals surface area contributed by atoms with Gasteiger partial charge in [-0.25, -0.2) is 0 Å². The minimum Gasteiger partial charge on any atom is -0.508 e. The molecule has 0 radical (unpaired) electrons. The van der Waals surface area contributed by atoms with Gasteiger partial charge in [-0.2, -0.15) is 0 Å². The predicted octanol–water partition coefficient (Wildman–Crippen LogP) is 3.23. The first-order valence-electron chi connectivity index (χ1n) is 5.92. The molecule has 88 valence electrons. The molecule has 0 aromatic heterocycles. The second kappa shape index (κ2) is 6.94. The lowest BCUT2D eigenvalue weighted by atomic mass is 10.1. The van der Waals surface area contributed by atoms with Gasteiger partial charge in [-0.15, -0.1) is 0 Å². The zero-order valence-electron chi connectivity index (χ0n) is 10.00. The molecule has 0 saturated heterocycles. The van der Waals surface area contributed by atoms with Gasteiger partial charge in [0.25, 0.3) is 0 Å². The Labute approximate surface area is 98.0 Å². The molecule has 1 rings (SSSR count). The van der Waals surface area contributed by atoms with Gasteiger partial charge in [0.15, 0.2) is 0 Å². The molecule has 0 bridgehead atoms. The Kier molecular flexibility index (Phi) is 5.48. The van der Waals surface area contributed by atoms with E-state index in [1.165, 1.54) is 19.3 Å². The van der Waals surface area contributed by atoms with Crippen LogP contribution in [-0.4, -0.2) is 11.7 Å². The van der Waals surface area contributed by atoms with Crippen molar-refractivity contribution in [1.82, 2.24) is 5.32 Å². The van der Waals surface area contributed by atoms with Gasteiger partial charge in [-0.3, -0.25) is 0 Å². The molecule has 2 nitrogen and oxygen atoms in total. The monoisotopic (exact) mass is 219 g/mol. The standard InChI is InChI=1S/C14H21NO/c1-3-4-5-9-15-12(2)10-13-7-6-8-14(16)11-13/h6-8,11,15-16H,2-5,9-10H2,1H3. The average Bonchev–Trinajstić information content (AvgIpc) is 2.24. The van der Waals surface area contributed by atoms with E-state index in [9.17, 15) is 5.11 Å². The number of aromatic hydroxyl groups is 1. The van der Waals surface area contributed by atoms with Crippen molar-refractivity contribution in [3.05, 3.63) is 42.1 Å². The van der Waals surface area contributed by atoms with E-state index in [0.29, 0.717) is 5.75 Å². The summed E-state index contributed by atoms with van der Waals surface area (Å²) in [5, 5.41) is 12.6. The second-order valence-corrected chi connectivity index (χ2v) is 4.08. The van der Waals surface area contributed by atoms with Gasteiger partial charge in [0, 0.05) is 18.7 Å². The van der Waals surface area contributed by atoms with Crippen molar-refractivity contribution in [2.24, 2.45) is 0 Å². The lowest BCUT2D eigenvalue weighted by Gasteiger charge is -2.09. The summed E-state index contributed by atoms with van der Waals surface area (Å²) in [4.78, 5) is 0. The SMILES string of the molecule is C=C(Cc1cccc(O)c1)NCCCCC. The summed E-state index contributed by atoms with van der Waals surface area (Å²) in [6.07, 6.45) is 4.46. The molecule has 0 aliphatic rings. The number of hydrogen-bond acceptors (Lipinski definition) is 2. The van der Waals surface area contributed by atoms with E-state index in [1.54, 1.807) is 12.1 Å². The Morgan fingerprint density at radius 2 is 2.19 bits per heavy atom. The van der Waals surface area contributed by atoms with Crippen LogP contribution < -0.4 is 5.32 Å². The number of benzene rings is 1. The molecule has 0 aliphatic heterocycles. The highest BCUT2D eigenvalue weighted by atomic mass is 16.3. The van der Waals surface area contributed by atoms with Gasteiger partial charge < -0.3 is 10.4 Å². The molecule has 2 N–H and O–H groups in total. The second-order valence-electron chi connectivity index (χ2n) is 4.08. The molecule has 2 heteroatoms. The molecule has 0 fully saturated rings. The fourth-order valence-corrected chi connectivity index (χ4v) is 1.62. The Morgan fingerprint density at radius 1 is 1.38 bits per heavy atom. The van der Waals surface area contributed by atoms with Crippen molar-refractivity contribution >= 4 is 0 Å². The van der Waals surface area contributed by atoms with E-state index in [2.05, 4.69) is 18.8 Å². The summed E-state index contributed by atoms with van der Waals surface area (Å²) in [7, 11) is 0. The van der Waals surface area contributed by atoms with Crippen molar-refractivity contribution < 1.29 is 5.11 Å². The van der Waals surface area contributed by atoms with Crippen LogP contribution in [0, 0.1) is 0 Å². The van der Waals surface area contributed by atoms with Gasteiger partial charge >= 0.3 is 0 Å². The van der Waals surface area contributed by atoms with Gasteiger partial charge in [0.05, 0.1) is 0 Å². The molecule has 1 aromatic carbocycles. The predicted molar refractivity (Wildman–Crippen MR) is 68.5 cm³/mol. The van der Waals surface area contributed by atoms with Gasteiger partial charge in [0.2, 0.25) is 0 Å². The number of nitrogens with one attached hydrogen (secondary N) is 1. The van der Waals surface area contributed by atoms with Crippen LogP contribution in [0.2, 0.25) is 0 Å². The summed E-state index contributed by atoms with van der Waals surface area (Å²) in [5.41, 5.74) is 2.11. The first kappa shape index (κ1) is 12.6. The van der Waals surface area contributed by atoms with Crippen molar-refractivity contribution in [3.63, 3.8) is 0 Å². The van der Waals surface area contributed by atoms with Crippen LogP contribution in [0.3, 0.4) is 0 Å². The molecule has 0 saturated carbocycles. The van der Waals surface area contributed by atoms with E-state index in [1.807, 2.05) is 12.1 Å². The normalized spacial score (nSPS) is 10.1. The zero-order valence-corrected chi connectivity index (χ0v) is 10.00. The van der Waals surface area contributed by atoms with Crippen molar-refractivity contribution in [3.8, 4) is 5.75 Å². The summed E-state index contributed by atoms with van der Waals surface area (Å²) in [6.45, 7) is 7.17. The number of allylic oxidation sites excluding steroid dienone is 1. The smallest absolute Gasteiger partial charge is 0.115 e. The van der Waals surface area contributed by atoms with Crippen LogP contribution in [0.1, 0.15) is 31.7 Å². The van der Waals surface area contributed by atoms with Crippen LogP contribution >= 0.6 is 0 Å². The summed E-state index contributed by atoms with van der Waals surface area (Å²) >= 11 is 0. The molecule has 0 aliphatic carbocycles. The average molecular weight is 219 g/mol. The highest BCUT2D eigenvalue weighted by Gasteiger charge is 1.97. The maximum absolute atomic E-state index is 9.32. The van der Waals surface area contributed by atoms with Crippen molar-refractivity contribution in [2.75, 3.05) is 6.54 Å². The fourth-order valence-electron chi connectivity index (χ4n) is 1.62. The van der Waals surface area contributed by atoms with Gasteiger partial charge in [-0.05, 0) is 24.1 Å². The van der Waals surface area contributed by atoms with E-state index in [0.717, 1.165) is 24.2 Å². The zero-order chi connectivity index (χ0) is 11.8. The van der Waals surface area contributed by atoms with Crippen LogP contribution in [0.4, 0.5) is 0 Å². The molecule has 0 atom stereocenters. The highest BCUT2D eigenvalue weighted by molar-refractivity contribution is 5.29. The quantitative estimate of drug-likeness (QED) is 0.690. The third-order valence-corrected chi connectivity index (χ3v) is 2.48. The van der Waals surface area contributed by atoms with Gasteiger partial charge in [-0.1, -0.05) is 38.5 Å². The van der Waals surface area contributed by atoms with E-state index >= 15 is 0 Å². The Morgan fingerprint density at radius 3 is 2.88 bits per heavy atom. The van der Waals surface area contributed by atoms with Crippen molar-refractivity contribution in [1.29, 1.82) is 0 Å². The summed E-state index contributed by atoms with van der Waals surface area (Å²) in [5.74, 6) is 0.316. The van der Waals surface area contributed by atoms with Crippen LogP contribution in [-0.2, 0) is 6.42 Å². The number of phenols is 1. The molecule has 1 aromatic rings. The first-order valence-corrected chi connectivity index (χ1v) is 5.92. The molecule has 0 amide bonds. The van der Waals surface area contributed by atoms with Crippen LogP contribution in [0.15, 0.2) is 36.5 Å². The topological polar surface area (TPSA) is 32.3 Å². The minimum absolute atomic E-state index is 0.316. The summed E-state index contributed by atoms with van der Waals surface area (Å²) < 4.78 is 0. The Hall–Kier alpha value is -1.44. The number of phenolic OH excluding ortho intramolecular Hbond substituents is 1. The Balaban J connectivity index is 2.29. The lowest BCUT2D eigenvalue weighted by Crippen LogP contribution is -2.15.